The Morgan fingerprint density at radius 2 is 2.19 bits per heavy atom. The minimum atomic E-state index is -0.460. The van der Waals surface area contributed by atoms with E-state index in [1.807, 2.05) is 13.0 Å². The normalized spacial score (nSPS) is 25.2. The second-order valence-corrected chi connectivity index (χ2v) is 7.03. The first-order chi connectivity index (χ1) is 12.7. The number of H-pyrrole nitrogens is 1. The van der Waals surface area contributed by atoms with Crippen LogP contribution in [0.5, 0.6) is 0 Å². The molecule has 26 heavy (non-hydrogen) atoms. The predicted molar refractivity (Wildman–Crippen MR) is 101 cm³/mol. The number of aliphatic hydroxyl groups is 1. The maximum Gasteiger partial charge on any atom is 0.337 e. The number of carbonyl (C=O) groups is 1. The summed E-state index contributed by atoms with van der Waals surface area (Å²) in [6.45, 7) is 3.79. The van der Waals surface area contributed by atoms with Crippen molar-refractivity contribution in [2.45, 2.75) is 25.8 Å². The Kier molecular flexibility index (Phi) is 4.32. The molecule has 1 aromatic heterocycles. The number of hydrogen-bond acceptors (Lipinski definition) is 4. The fraction of sp³-hybridized carbons (Fsp3) is 0.381. The number of nitrogens with zero attached hydrogens (tertiary/aromatic N) is 1. The van der Waals surface area contributed by atoms with Crippen molar-refractivity contribution in [1.82, 2.24) is 9.88 Å². The monoisotopic (exact) mass is 352 g/mol. The van der Waals surface area contributed by atoms with Gasteiger partial charge >= 0.3 is 5.97 Å². The van der Waals surface area contributed by atoms with Crippen molar-refractivity contribution in [3.05, 3.63) is 59.0 Å². The van der Waals surface area contributed by atoms with Gasteiger partial charge < -0.3 is 14.8 Å². The molecule has 2 aliphatic heterocycles. The molecule has 136 valence electrons. The van der Waals surface area contributed by atoms with E-state index in [4.69, 9.17) is 4.74 Å². The molecule has 0 saturated carbocycles. The molecule has 3 heterocycles. The van der Waals surface area contributed by atoms with Crippen molar-refractivity contribution in [2.75, 3.05) is 20.2 Å². The van der Waals surface area contributed by atoms with Gasteiger partial charge in [0.25, 0.3) is 0 Å². The van der Waals surface area contributed by atoms with Gasteiger partial charge in [0.15, 0.2) is 0 Å². The smallest absolute Gasteiger partial charge is 0.337 e. The van der Waals surface area contributed by atoms with Crippen LogP contribution in [0, 0.1) is 5.92 Å². The number of fused-ring (bicyclic) bond motifs is 5. The van der Waals surface area contributed by atoms with Gasteiger partial charge in [-0.15, -0.1) is 0 Å². The number of nitrogens with one attached hydrogen (secondary N) is 1. The third-order valence-electron chi connectivity index (χ3n) is 5.87. The van der Waals surface area contributed by atoms with E-state index < -0.39 is 5.97 Å². The molecule has 1 saturated heterocycles. The largest absolute Gasteiger partial charge is 0.515 e. The quantitative estimate of drug-likeness (QED) is 0.375. The Balaban J connectivity index is 1.75. The Bertz CT molecular complexity index is 909. The Hall–Kier alpha value is -2.53. The van der Waals surface area contributed by atoms with Crippen molar-refractivity contribution >= 4 is 16.9 Å². The third-order valence-corrected chi connectivity index (χ3v) is 5.87. The molecular formula is C21H24N2O3. The first-order valence-electron chi connectivity index (χ1n) is 9.09. The molecule has 2 atom stereocenters. The Morgan fingerprint density at radius 1 is 1.38 bits per heavy atom. The van der Waals surface area contributed by atoms with Crippen LogP contribution >= 0.6 is 0 Å². The third kappa shape index (κ3) is 2.54. The highest BCUT2D eigenvalue weighted by Crippen LogP contribution is 2.44. The van der Waals surface area contributed by atoms with Gasteiger partial charge in [0.1, 0.15) is 0 Å². The molecule has 1 aromatic carbocycles. The predicted octanol–water partition coefficient (Wildman–Crippen LogP) is 3.65. The molecule has 0 aliphatic carbocycles. The number of methoxy groups -OCH3 is 1. The fourth-order valence-electron chi connectivity index (χ4n) is 4.57. The second kappa shape index (κ2) is 6.65. The number of carbonyl (C=O) groups excluding carboxylic acids is 1. The Morgan fingerprint density at radius 3 is 2.92 bits per heavy atom. The van der Waals surface area contributed by atoms with Gasteiger partial charge in [-0.2, -0.15) is 0 Å². The van der Waals surface area contributed by atoms with Gasteiger partial charge in [-0.25, -0.2) is 4.79 Å². The van der Waals surface area contributed by atoms with E-state index in [-0.39, 0.29) is 12.0 Å². The highest BCUT2D eigenvalue weighted by atomic mass is 16.5. The van der Waals surface area contributed by atoms with Crippen LogP contribution in [0.15, 0.2) is 47.7 Å². The summed E-state index contributed by atoms with van der Waals surface area (Å²) in [6, 6.07) is 8.62. The molecule has 5 nitrogen and oxygen atoms in total. The lowest BCUT2D eigenvalue weighted by Crippen LogP contribution is -2.43. The second-order valence-electron chi connectivity index (χ2n) is 7.03. The van der Waals surface area contributed by atoms with Crippen molar-refractivity contribution < 1.29 is 14.6 Å². The van der Waals surface area contributed by atoms with Gasteiger partial charge in [-0.1, -0.05) is 29.8 Å². The van der Waals surface area contributed by atoms with E-state index in [2.05, 4.69) is 34.2 Å². The fourth-order valence-corrected chi connectivity index (χ4v) is 4.57. The zero-order valence-electron chi connectivity index (χ0n) is 15.2. The first-order valence-corrected chi connectivity index (χ1v) is 9.09. The summed E-state index contributed by atoms with van der Waals surface area (Å²) >= 11 is 0. The molecule has 2 aromatic rings. The van der Waals surface area contributed by atoms with E-state index in [0.717, 1.165) is 37.8 Å². The van der Waals surface area contributed by atoms with Crippen LogP contribution in [0.2, 0.25) is 0 Å². The van der Waals surface area contributed by atoms with E-state index in [1.54, 1.807) is 0 Å². The van der Waals surface area contributed by atoms with Crippen molar-refractivity contribution in [2.24, 2.45) is 5.92 Å². The van der Waals surface area contributed by atoms with Crippen molar-refractivity contribution in [1.29, 1.82) is 0 Å². The van der Waals surface area contributed by atoms with E-state index in [9.17, 15) is 9.90 Å². The molecule has 1 fully saturated rings. The average Bonchev–Trinajstić information content (AvgIpc) is 3.07. The van der Waals surface area contributed by atoms with Gasteiger partial charge in [0.05, 0.1) is 25.0 Å². The molecule has 2 aliphatic rings. The number of rotatable bonds is 2. The molecule has 0 bridgehead atoms. The molecule has 0 amide bonds. The lowest BCUT2D eigenvalue weighted by atomic mass is 9.78. The number of esters is 1. The number of aromatic amines is 1. The van der Waals surface area contributed by atoms with Crippen LogP contribution in [0.3, 0.4) is 0 Å². The van der Waals surface area contributed by atoms with Crippen LogP contribution in [0.1, 0.15) is 30.6 Å². The van der Waals surface area contributed by atoms with Gasteiger partial charge in [-0.3, -0.25) is 4.90 Å². The van der Waals surface area contributed by atoms with Gasteiger partial charge in [0.2, 0.25) is 0 Å². The SMILES string of the molecule is C/C=C1/CN2CCc3c([nH]c4ccccc34)[C@@H]2C[C@H]1/C(=C\O)C(=O)OC. The highest BCUT2D eigenvalue weighted by Gasteiger charge is 2.40. The summed E-state index contributed by atoms with van der Waals surface area (Å²) in [7, 11) is 1.35. The summed E-state index contributed by atoms with van der Waals surface area (Å²) in [4.78, 5) is 18.2. The molecular weight excluding hydrogens is 328 g/mol. The van der Waals surface area contributed by atoms with E-state index in [1.165, 1.54) is 29.3 Å². The topological polar surface area (TPSA) is 65.6 Å². The minimum Gasteiger partial charge on any atom is -0.515 e. The van der Waals surface area contributed by atoms with Crippen LogP contribution < -0.4 is 0 Å². The van der Waals surface area contributed by atoms with Crippen LogP contribution in [0.4, 0.5) is 0 Å². The number of para-hydroxylation sites is 1. The minimum absolute atomic E-state index is 0.129. The van der Waals surface area contributed by atoms with E-state index in [0.29, 0.717) is 5.57 Å². The number of hydrogen-bond donors (Lipinski definition) is 2. The zero-order valence-corrected chi connectivity index (χ0v) is 15.2. The summed E-state index contributed by atoms with van der Waals surface area (Å²) in [5, 5.41) is 11.0. The maximum atomic E-state index is 12.2. The number of allylic oxidation sites excluding steroid dienone is 1. The first kappa shape index (κ1) is 16.9. The number of aromatic nitrogens is 1. The Labute approximate surface area is 153 Å². The molecule has 4 rings (SSSR count). The average molecular weight is 352 g/mol. The molecule has 0 spiro atoms. The number of aliphatic hydroxyl groups excluding tert-OH is 1. The summed E-state index contributed by atoms with van der Waals surface area (Å²) in [5.74, 6) is -0.589. The maximum absolute atomic E-state index is 12.2. The summed E-state index contributed by atoms with van der Waals surface area (Å²) in [5.41, 5.74) is 5.30. The standard InChI is InChI=1S/C21H24N2O3/c1-3-13-11-23-9-8-15-14-6-4-5-7-18(14)22-20(15)19(23)10-16(13)17(12-24)21(25)26-2/h3-7,12,16,19,22,24H,8-11H2,1-2H3/b13-3-,17-12+/t16-,19+/m1/s1. The van der Waals surface area contributed by atoms with Crippen LogP contribution in [-0.4, -0.2) is 41.2 Å². The lowest BCUT2D eigenvalue weighted by molar-refractivity contribution is -0.136. The van der Waals surface area contributed by atoms with Gasteiger partial charge in [0, 0.05) is 35.6 Å². The zero-order chi connectivity index (χ0) is 18.3. The summed E-state index contributed by atoms with van der Waals surface area (Å²) in [6.07, 6.45) is 4.76. The number of benzene rings is 1. The van der Waals surface area contributed by atoms with Crippen molar-refractivity contribution in [3.63, 3.8) is 0 Å². The molecule has 0 radical (unpaired) electrons. The molecule has 2 N–H and O–H groups in total. The molecule has 5 heteroatoms. The lowest BCUT2D eigenvalue weighted by Gasteiger charge is -2.43. The summed E-state index contributed by atoms with van der Waals surface area (Å²) < 4.78 is 4.89. The number of ether oxygens (including phenoxy) is 1. The molecule has 0 unspecified atom stereocenters. The van der Waals surface area contributed by atoms with Crippen molar-refractivity contribution in [3.8, 4) is 0 Å². The van der Waals surface area contributed by atoms with E-state index >= 15 is 0 Å². The van der Waals surface area contributed by atoms with Crippen LogP contribution in [-0.2, 0) is 16.0 Å². The number of piperidine rings is 1. The van der Waals surface area contributed by atoms with Crippen LogP contribution in [0.25, 0.3) is 10.9 Å². The van der Waals surface area contributed by atoms with Gasteiger partial charge in [-0.05, 0) is 31.4 Å². The highest BCUT2D eigenvalue weighted by molar-refractivity contribution is 5.89.